The molecule has 2 aliphatic rings. The summed E-state index contributed by atoms with van der Waals surface area (Å²) in [5.74, 6) is 0. The van der Waals surface area contributed by atoms with E-state index in [1.54, 1.807) is 0 Å². The lowest BCUT2D eigenvalue weighted by atomic mass is 9.98. The zero-order chi connectivity index (χ0) is 20.7. The first-order chi connectivity index (χ1) is 13.2. The zero-order valence-electron chi connectivity index (χ0n) is 14.4. The number of aliphatic hydroxyl groups is 7. The minimum absolute atomic E-state index is 0.428. The molecule has 0 saturated carbocycles. The summed E-state index contributed by atoms with van der Waals surface area (Å²) in [6, 6.07) is 0.900. The Morgan fingerprint density at radius 1 is 0.786 bits per heavy atom. The maximum atomic E-state index is 12.8. The summed E-state index contributed by atoms with van der Waals surface area (Å²) in [6.07, 6.45) is -13.2. The molecule has 7 N–H and O–H groups in total. The average Bonchev–Trinajstić information content (AvgIpc) is 2.96. The van der Waals surface area contributed by atoms with Crippen LogP contribution in [0, 0.1) is 0 Å². The third-order valence-electron chi connectivity index (χ3n) is 4.95. The number of aliphatic hydroxyl groups excluding tert-OH is 7. The van der Waals surface area contributed by atoms with E-state index in [9.17, 15) is 40.2 Å². The van der Waals surface area contributed by atoms with Crippen LogP contribution in [-0.4, -0.2) is 101 Å². The van der Waals surface area contributed by atoms with Gasteiger partial charge < -0.3 is 45.2 Å². The highest BCUT2D eigenvalue weighted by atomic mass is 16.6. The summed E-state index contributed by atoms with van der Waals surface area (Å²) in [5.41, 5.74) is -2.05. The molecule has 0 amide bonds. The Morgan fingerprint density at radius 2 is 1.29 bits per heavy atom. The molecule has 3 heterocycles. The molecule has 13 nitrogen and oxygen atoms in total. The topological polar surface area (TPSA) is 204 Å². The second-order valence-electron chi connectivity index (χ2n) is 6.66. The van der Waals surface area contributed by atoms with Crippen LogP contribution in [0.2, 0.25) is 0 Å². The number of hydrogen-bond donors (Lipinski definition) is 7. The minimum atomic E-state index is -1.88. The van der Waals surface area contributed by atoms with E-state index in [-0.39, 0.29) is 0 Å². The first-order valence-electron chi connectivity index (χ1n) is 8.49. The second kappa shape index (κ2) is 7.98. The van der Waals surface area contributed by atoms with Gasteiger partial charge in [0.05, 0.1) is 13.2 Å². The summed E-state index contributed by atoms with van der Waals surface area (Å²) < 4.78 is 11.7. The van der Waals surface area contributed by atoms with E-state index in [0.717, 1.165) is 16.8 Å². The number of rotatable bonds is 4. The summed E-state index contributed by atoms with van der Waals surface area (Å²) in [6.45, 7) is -1.39. The van der Waals surface area contributed by atoms with Gasteiger partial charge in [-0.3, -0.25) is 9.36 Å². The molecule has 1 aromatic heterocycles. The molecule has 3 rings (SSSR count). The largest absolute Gasteiger partial charge is 0.394 e. The summed E-state index contributed by atoms with van der Waals surface area (Å²) in [7, 11) is 0. The van der Waals surface area contributed by atoms with E-state index in [0.29, 0.717) is 4.57 Å². The summed E-state index contributed by atoms with van der Waals surface area (Å²) in [5, 5.41) is 68.3. The molecule has 9 atom stereocenters. The van der Waals surface area contributed by atoms with Crippen molar-refractivity contribution in [2.45, 2.75) is 55.2 Å². The molecule has 1 aromatic rings. The minimum Gasteiger partial charge on any atom is -0.394 e. The van der Waals surface area contributed by atoms with Crippen LogP contribution >= 0.6 is 0 Å². The van der Waals surface area contributed by atoms with Crippen molar-refractivity contribution in [3.8, 4) is 0 Å². The Balaban J connectivity index is 2.03. The van der Waals surface area contributed by atoms with Crippen LogP contribution in [0.4, 0.5) is 0 Å². The smallest absolute Gasteiger partial charge is 0.335 e. The molecule has 0 aromatic carbocycles. The van der Waals surface area contributed by atoms with Crippen molar-refractivity contribution in [1.29, 1.82) is 0 Å². The van der Waals surface area contributed by atoms with Crippen molar-refractivity contribution in [2.75, 3.05) is 13.2 Å². The molecule has 0 radical (unpaired) electrons. The van der Waals surface area contributed by atoms with Gasteiger partial charge in [-0.2, -0.15) is 0 Å². The van der Waals surface area contributed by atoms with Gasteiger partial charge in [0.1, 0.15) is 42.7 Å². The third-order valence-corrected chi connectivity index (χ3v) is 4.95. The number of nitrogens with zero attached hydrogens (tertiary/aromatic N) is 2. The highest BCUT2D eigenvalue weighted by Gasteiger charge is 2.47. The molecule has 0 bridgehead atoms. The van der Waals surface area contributed by atoms with Gasteiger partial charge in [0.15, 0.2) is 12.5 Å². The molecule has 0 spiro atoms. The van der Waals surface area contributed by atoms with Crippen molar-refractivity contribution in [2.24, 2.45) is 0 Å². The van der Waals surface area contributed by atoms with Crippen LogP contribution in [0.5, 0.6) is 0 Å². The van der Waals surface area contributed by atoms with Gasteiger partial charge in [-0.25, -0.2) is 9.36 Å². The molecule has 158 valence electrons. The Kier molecular flexibility index (Phi) is 6.00. The predicted molar refractivity (Wildman–Crippen MR) is 87.0 cm³/mol. The Morgan fingerprint density at radius 3 is 1.86 bits per heavy atom. The van der Waals surface area contributed by atoms with Crippen molar-refractivity contribution in [3.05, 3.63) is 33.1 Å². The van der Waals surface area contributed by atoms with Crippen molar-refractivity contribution >= 4 is 0 Å². The number of hydrogen-bond acceptors (Lipinski definition) is 11. The van der Waals surface area contributed by atoms with Gasteiger partial charge in [-0.05, 0) is 0 Å². The van der Waals surface area contributed by atoms with Crippen LogP contribution in [0.3, 0.4) is 0 Å². The Hall–Kier alpha value is -1.68. The lowest BCUT2D eigenvalue weighted by molar-refractivity contribution is -0.253. The van der Waals surface area contributed by atoms with E-state index in [1.165, 1.54) is 0 Å². The van der Waals surface area contributed by atoms with Crippen molar-refractivity contribution in [3.63, 3.8) is 0 Å². The molecule has 2 saturated heterocycles. The monoisotopic (exact) mass is 406 g/mol. The van der Waals surface area contributed by atoms with Crippen LogP contribution in [0.25, 0.3) is 0 Å². The molecule has 28 heavy (non-hydrogen) atoms. The summed E-state index contributed by atoms with van der Waals surface area (Å²) in [4.78, 5) is 25.1. The Bertz CT molecular complexity index is 808. The van der Waals surface area contributed by atoms with Crippen LogP contribution < -0.4 is 11.2 Å². The molecule has 0 aliphatic carbocycles. The number of aromatic nitrogens is 2. The van der Waals surface area contributed by atoms with Gasteiger partial charge in [0, 0.05) is 12.3 Å². The first kappa shape index (κ1) is 21.0. The molecular formula is C15H22N2O11. The molecule has 2 aliphatic heterocycles. The third kappa shape index (κ3) is 3.30. The normalized spacial score (nSPS) is 41.3. The molecule has 13 heteroatoms. The van der Waals surface area contributed by atoms with Gasteiger partial charge >= 0.3 is 5.69 Å². The van der Waals surface area contributed by atoms with Crippen molar-refractivity contribution < 1.29 is 45.2 Å². The van der Waals surface area contributed by atoms with Crippen LogP contribution in [0.15, 0.2) is 21.9 Å². The standard InChI is InChI=1S/C15H22N2O11/c18-3-5-8(21)10(23)12(25)14(28-5)17-7(20)1-2-16(15(17)26)13-11(24)9(22)6(4-19)27-13/h1-2,5-6,8-14,18-19,21-25H,3-4H2/t5-,6-,8-,9-,10+,11-,12-,13-,14-/m1/s1. The van der Waals surface area contributed by atoms with E-state index < -0.39 is 79.6 Å². The van der Waals surface area contributed by atoms with Gasteiger partial charge in [0.25, 0.3) is 5.56 Å². The fraction of sp³-hybridized carbons (Fsp3) is 0.733. The highest BCUT2D eigenvalue weighted by molar-refractivity contribution is 4.98. The zero-order valence-corrected chi connectivity index (χ0v) is 14.4. The average molecular weight is 406 g/mol. The van der Waals surface area contributed by atoms with E-state index >= 15 is 0 Å². The lowest BCUT2D eigenvalue weighted by Crippen LogP contribution is -2.60. The fourth-order valence-electron chi connectivity index (χ4n) is 3.34. The van der Waals surface area contributed by atoms with Gasteiger partial charge in [-0.1, -0.05) is 0 Å². The van der Waals surface area contributed by atoms with Gasteiger partial charge in [0.2, 0.25) is 0 Å². The Labute approximate surface area is 156 Å². The quantitative estimate of drug-likeness (QED) is 0.251. The van der Waals surface area contributed by atoms with E-state index in [1.807, 2.05) is 0 Å². The molecular weight excluding hydrogens is 384 g/mol. The SMILES string of the molecule is O=c1ccn([C@@H]2O[C@H](CO)[C@@H](O)[C@H]2O)c(=O)n1[C@@H]1O[C@H](CO)[C@@H](O)[C@H](O)[C@H]1O. The van der Waals surface area contributed by atoms with Crippen LogP contribution in [0.1, 0.15) is 12.5 Å². The predicted octanol–water partition coefficient (Wildman–Crippen LogP) is -5.41. The lowest BCUT2D eigenvalue weighted by Gasteiger charge is -2.40. The van der Waals surface area contributed by atoms with Gasteiger partial charge in [-0.15, -0.1) is 0 Å². The number of ether oxygens (including phenoxy) is 2. The maximum absolute atomic E-state index is 12.8. The second-order valence-corrected chi connectivity index (χ2v) is 6.66. The highest BCUT2D eigenvalue weighted by Crippen LogP contribution is 2.29. The maximum Gasteiger partial charge on any atom is 0.335 e. The van der Waals surface area contributed by atoms with Crippen LogP contribution in [-0.2, 0) is 9.47 Å². The fourth-order valence-corrected chi connectivity index (χ4v) is 3.34. The summed E-state index contributed by atoms with van der Waals surface area (Å²) >= 11 is 0. The van der Waals surface area contributed by atoms with E-state index in [4.69, 9.17) is 14.6 Å². The molecule has 0 unspecified atom stereocenters. The molecule has 2 fully saturated rings. The first-order valence-corrected chi connectivity index (χ1v) is 8.49. The van der Waals surface area contributed by atoms with Crippen molar-refractivity contribution in [1.82, 2.24) is 9.13 Å². The van der Waals surface area contributed by atoms with E-state index in [2.05, 4.69) is 0 Å².